The number of H-pyrrole nitrogens is 1. The average molecular weight is 369 g/mol. The Hall–Kier alpha value is -3.19. The van der Waals surface area contributed by atoms with Crippen LogP contribution in [0.25, 0.3) is 11.1 Å². The molecule has 0 saturated carbocycles. The van der Waals surface area contributed by atoms with Crippen molar-refractivity contribution in [3.05, 3.63) is 71.8 Å². The largest absolute Gasteiger partial charge is 0.482 e. The third-order valence-electron chi connectivity index (χ3n) is 4.03. The molecular formula is C20H20FN3O3. The summed E-state index contributed by atoms with van der Waals surface area (Å²) in [5, 5.41) is 15.7. The molecule has 0 amide bonds. The molecule has 0 fully saturated rings. The summed E-state index contributed by atoms with van der Waals surface area (Å²) in [6.07, 6.45) is 1.69. The van der Waals surface area contributed by atoms with Crippen LogP contribution in [0.2, 0.25) is 0 Å². The molecule has 0 unspecified atom stereocenters. The van der Waals surface area contributed by atoms with Gasteiger partial charge >= 0.3 is 5.97 Å². The van der Waals surface area contributed by atoms with Crippen molar-refractivity contribution < 1.29 is 19.0 Å². The number of hydrogen-bond donors (Lipinski definition) is 2. The smallest absolute Gasteiger partial charge is 0.341 e. The minimum Gasteiger partial charge on any atom is -0.482 e. The predicted molar refractivity (Wildman–Crippen MR) is 98.7 cm³/mol. The molecule has 0 atom stereocenters. The Morgan fingerprint density at radius 3 is 2.56 bits per heavy atom. The highest BCUT2D eigenvalue weighted by Gasteiger charge is 2.12. The highest BCUT2D eigenvalue weighted by Crippen LogP contribution is 2.28. The van der Waals surface area contributed by atoms with Crippen LogP contribution in [0.1, 0.15) is 11.3 Å². The molecule has 3 aromatic rings. The van der Waals surface area contributed by atoms with Gasteiger partial charge in [0.05, 0.1) is 0 Å². The Bertz CT molecular complexity index is 895. The van der Waals surface area contributed by atoms with Gasteiger partial charge in [0.1, 0.15) is 11.6 Å². The van der Waals surface area contributed by atoms with Crippen LogP contribution in [0, 0.1) is 5.82 Å². The first-order chi connectivity index (χ1) is 13.0. The van der Waals surface area contributed by atoms with E-state index in [9.17, 15) is 9.18 Å². The molecule has 0 aliphatic heterocycles. The van der Waals surface area contributed by atoms with Crippen molar-refractivity contribution in [1.82, 2.24) is 15.1 Å². The summed E-state index contributed by atoms with van der Waals surface area (Å²) >= 11 is 0. The van der Waals surface area contributed by atoms with E-state index in [0.29, 0.717) is 18.8 Å². The number of carbonyl (C=O) groups is 1. The topological polar surface area (TPSA) is 78.5 Å². The predicted octanol–water partition coefficient (Wildman–Crippen LogP) is 3.31. The average Bonchev–Trinajstić information content (AvgIpc) is 3.14. The number of carboxylic acid groups (broad SMARTS) is 1. The summed E-state index contributed by atoms with van der Waals surface area (Å²) in [5.41, 5.74) is 3.60. The molecular weight excluding hydrogens is 349 g/mol. The Balaban J connectivity index is 1.85. The quantitative estimate of drug-likeness (QED) is 0.637. The van der Waals surface area contributed by atoms with Crippen molar-refractivity contribution >= 4 is 5.97 Å². The lowest BCUT2D eigenvalue weighted by Gasteiger charge is -2.19. The normalized spacial score (nSPS) is 10.9. The Morgan fingerprint density at radius 1 is 1.15 bits per heavy atom. The van der Waals surface area contributed by atoms with E-state index in [0.717, 1.165) is 22.4 Å². The molecule has 0 spiro atoms. The van der Waals surface area contributed by atoms with Gasteiger partial charge in [0.2, 0.25) is 0 Å². The number of halogens is 1. The molecule has 1 aromatic heterocycles. The summed E-state index contributed by atoms with van der Waals surface area (Å²) < 4.78 is 18.6. The number of aromatic nitrogens is 2. The molecule has 0 saturated heterocycles. The number of aliphatic carboxylic acids is 1. The lowest BCUT2D eigenvalue weighted by molar-refractivity contribution is -0.139. The van der Waals surface area contributed by atoms with Gasteiger partial charge < -0.3 is 9.84 Å². The molecule has 7 heteroatoms. The van der Waals surface area contributed by atoms with Crippen LogP contribution < -0.4 is 4.74 Å². The SMILES string of the molecule is CN(Cc1ccn[nH]1)Cc1cc(-c2ccc(F)cc2)ccc1OCC(=O)O. The van der Waals surface area contributed by atoms with Crippen molar-refractivity contribution in [3.63, 3.8) is 0 Å². The van der Waals surface area contributed by atoms with Gasteiger partial charge in [0.15, 0.2) is 6.61 Å². The summed E-state index contributed by atoms with van der Waals surface area (Å²) in [6.45, 7) is 0.787. The van der Waals surface area contributed by atoms with E-state index in [-0.39, 0.29) is 5.82 Å². The number of carboxylic acids is 1. The zero-order valence-electron chi connectivity index (χ0n) is 14.9. The van der Waals surface area contributed by atoms with E-state index in [1.165, 1.54) is 12.1 Å². The first-order valence-corrected chi connectivity index (χ1v) is 8.41. The third kappa shape index (κ3) is 5.15. The molecule has 0 aliphatic carbocycles. The second kappa shape index (κ2) is 8.46. The van der Waals surface area contributed by atoms with Crippen LogP contribution >= 0.6 is 0 Å². The standard InChI is InChI=1S/C20H20FN3O3/c1-24(12-18-8-9-22-23-18)11-16-10-15(14-2-5-17(21)6-3-14)4-7-19(16)27-13-20(25)26/h2-10H,11-13H2,1H3,(H,22,23)(H,25,26). The Kier molecular flexibility index (Phi) is 5.83. The van der Waals surface area contributed by atoms with Crippen LogP contribution in [-0.2, 0) is 17.9 Å². The van der Waals surface area contributed by atoms with E-state index < -0.39 is 12.6 Å². The molecule has 140 valence electrons. The van der Waals surface area contributed by atoms with Crippen molar-refractivity contribution in [1.29, 1.82) is 0 Å². The van der Waals surface area contributed by atoms with Gasteiger partial charge in [0, 0.05) is 30.5 Å². The monoisotopic (exact) mass is 369 g/mol. The highest BCUT2D eigenvalue weighted by molar-refractivity contribution is 5.69. The first kappa shape index (κ1) is 18.6. The number of ether oxygens (including phenoxy) is 1. The zero-order chi connectivity index (χ0) is 19.2. The number of benzene rings is 2. The summed E-state index contributed by atoms with van der Waals surface area (Å²) in [5.74, 6) is -0.811. The summed E-state index contributed by atoms with van der Waals surface area (Å²) in [7, 11) is 1.95. The van der Waals surface area contributed by atoms with E-state index in [2.05, 4.69) is 15.1 Å². The second-order valence-corrected chi connectivity index (χ2v) is 6.27. The fraction of sp³-hybridized carbons (Fsp3) is 0.200. The minimum atomic E-state index is -1.03. The number of nitrogens with zero attached hydrogens (tertiary/aromatic N) is 2. The van der Waals surface area contributed by atoms with Gasteiger partial charge in [-0.15, -0.1) is 0 Å². The number of aromatic amines is 1. The highest BCUT2D eigenvalue weighted by atomic mass is 19.1. The number of hydrogen-bond acceptors (Lipinski definition) is 4. The first-order valence-electron chi connectivity index (χ1n) is 8.41. The van der Waals surface area contributed by atoms with Crippen molar-refractivity contribution in [3.8, 4) is 16.9 Å². The van der Waals surface area contributed by atoms with Gasteiger partial charge in [-0.1, -0.05) is 18.2 Å². The van der Waals surface area contributed by atoms with E-state index in [1.807, 2.05) is 25.2 Å². The number of rotatable bonds is 8. The Labute approximate surface area is 156 Å². The van der Waals surface area contributed by atoms with Gasteiger partial charge in [-0.2, -0.15) is 5.10 Å². The van der Waals surface area contributed by atoms with Crippen LogP contribution in [0.3, 0.4) is 0 Å². The van der Waals surface area contributed by atoms with E-state index >= 15 is 0 Å². The molecule has 3 rings (SSSR count). The molecule has 2 N–H and O–H groups in total. The van der Waals surface area contributed by atoms with Gasteiger partial charge in [-0.05, 0) is 48.5 Å². The van der Waals surface area contributed by atoms with Crippen molar-refractivity contribution in [2.75, 3.05) is 13.7 Å². The molecule has 6 nitrogen and oxygen atoms in total. The maximum atomic E-state index is 13.2. The van der Waals surface area contributed by atoms with E-state index in [1.54, 1.807) is 24.4 Å². The van der Waals surface area contributed by atoms with Crippen LogP contribution in [0.5, 0.6) is 5.75 Å². The van der Waals surface area contributed by atoms with Gasteiger partial charge in [-0.25, -0.2) is 9.18 Å². The van der Waals surface area contributed by atoms with Gasteiger partial charge in [-0.3, -0.25) is 10.00 Å². The van der Waals surface area contributed by atoms with Crippen molar-refractivity contribution in [2.24, 2.45) is 0 Å². The Morgan fingerprint density at radius 2 is 1.89 bits per heavy atom. The molecule has 0 radical (unpaired) electrons. The molecule has 2 aromatic carbocycles. The minimum absolute atomic E-state index is 0.292. The lowest BCUT2D eigenvalue weighted by atomic mass is 10.0. The molecule has 0 bridgehead atoms. The summed E-state index contributed by atoms with van der Waals surface area (Å²) in [6, 6.07) is 13.7. The number of nitrogens with one attached hydrogen (secondary N) is 1. The summed E-state index contributed by atoms with van der Waals surface area (Å²) in [4.78, 5) is 12.9. The van der Waals surface area contributed by atoms with Crippen LogP contribution in [0.15, 0.2) is 54.7 Å². The zero-order valence-corrected chi connectivity index (χ0v) is 14.9. The fourth-order valence-electron chi connectivity index (χ4n) is 2.82. The maximum absolute atomic E-state index is 13.2. The molecule has 1 heterocycles. The second-order valence-electron chi connectivity index (χ2n) is 6.27. The van der Waals surface area contributed by atoms with E-state index in [4.69, 9.17) is 9.84 Å². The van der Waals surface area contributed by atoms with Crippen molar-refractivity contribution in [2.45, 2.75) is 13.1 Å². The lowest BCUT2D eigenvalue weighted by Crippen LogP contribution is -2.19. The van der Waals surface area contributed by atoms with Gasteiger partial charge in [0.25, 0.3) is 0 Å². The third-order valence-corrected chi connectivity index (χ3v) is 4.03. The fourth-order valence-corrected chi connectivity index (χ4v) is 2.82. The molecule has 0 aliphatic rings. The van der Waals surface area contributed by atoms with Crippen LogP contribution in [0.4, 0.5) is 4.39 Å². The molecule has 27 heavy (non-hydrogen) atoms. The van der Waals surface area contributed by atoms with Crippen LogP contribution in [-0.4, -0.2) is 39.8 Å². The maximum Gasteiger partial charge on any atom is 0.341 e.